The number of benzene rings is 1. The fourth-order valence-electron chi connectivity index (χ4n) is 2.00. The molecular weight excluding hydrogens is 258 g/mol. The number of pyridine rings is 1. The van der Waals surface area contributed by atoms with Gasteiger partial charge in [0.1, 0.15) is 5.15 Å². The van der Waals surface area contributed by atoms with E-state index in [1.807, 2.05) is 49.4 Å². The zero-order valence-corrected chi connectivity index (χ0v) is 11.2. The summed E-state index contributed by atoms with van der Waals surface area (Å²) in [5, 5.41) is 5.24. The lowest BCUT2D eigenvalue weighted by molar-refractivity contribution is 0.881. The van der Waals surface area contributed by atoms with Crippen molar-refractivity contribution in [3.05, 3.63) is 65.6 Å². The molecule has 3 rings (SSSR count). The van der Waals surface area contributed by atoms with Crippen LogP contribution in [0.15, 0.2) is 54.9 Å². The van der Waals surface area contributed by atoms with Crippen LogP contribution in [0.5, 0.6) is 0 Å². The fraction of sp³-hybridized carbons (Fsp3) is 0.0667. The van der Waals surface area contributed by atoms with Gasteiger partial charge in [0, 0.05) is 23.5 Å². The molecule has 3 aromatic rings. The molecule has 0 atom stereocenters. The number of nitrogens with zero attached hydrogens (tertiary/aromatic N) is 3. The summed E-state index contributed by atoms with van der Waals surface area (Å²) in [6.07, 6.45) is 3.45. The van der Waals surface area contributed by atoms with E-state index in [0.717, 1.165) is 22.5 Å². The van der Waals surface area contributed by atoms with Crippen molar-refractivity contribution >= 4 is 11.6 Å². The molecule has 0 saturated carbocycles. The highest BCUT2D eigenvalue weighted by atomic mass is 35.5. The molecule has 2 heterocycles. The summed E-state index contributed by atoms with van der Waals surface area (Å²) in [5.41, 5.74) is 3.85. The Morgan fingerprint density at radius 3 is 2.37 bits per heavy atom. The second-order valence-electron chi connectivity index (χ2n) is 4.25. The van der Waals surface area contributed by atoms with Crippen LogP contribution < -0.4 is 0 Å². The van der Waals surface area contributed by atoms with Crippen molar-refractivity contribution in [2.24, 2.45) is 0 Å². The maximum Gasteiger partial charge on any atom is 0.136 e. The summed E-state index contributed by atoms with van der Waals surface area (Å²) in [6, 6.07) is 13.8. The number of halogens is 1. The molecule has 3 nitrogen and oxygen atoms in total. The maximum absolute atomic E-state index is 6.38. The predicted octanol–water partition coefficient (Wildman–Crippen LogP) is 3.90. The van der Waals surface area contributed by atoms with Gasteiger partial charge in [0.05, 0.1) is 11.4 Å². The summed E-state index contributed by atoms with van der Waals surface area (Å²) in [4.78, 5) is 4.00. The molecule has 19 heavy (non-hydrogen) atoms. The Balaban J connectivity index is 2.16. The Labute approximate surface area is 116 Å². The molecule has 0 bridgehead atoms. The van der Waals surface area contributed by atoms with E-state index in [2.05, 4.69) is 10.1 Å². The van der Waals surface area contributed by atoms with E-state index in [9.17, 15) is 0 Å². The zero-order valence-electron chi connectivity index (χ0n) is 10.4. The molecule has 0 fully saturated rings. The Kier molecular flexibility index (Phi) is 3.05. The molecule has 0 aliphatic heterocycles. The lowest BCUT2D eigenvalue weighted by Gasteiger charge is -2.01. The number of hydrogen-bond donors (Lipinski definition) is 0. The van der Waals surface area contributed by atoms with E-state index >= 15 is 0 Å². The van der Waals surface area contributed by atoms with Gasteiger partial charge in [-0.1, -0.05) is 41.9 Å². The van der Waals surface area contributed by atoms with Crippen LogP contribution in [0.4, 0.5) is 0 Å². The largest absolute Gasteiger partial charge is 0.265 e. The Morgan fingerprint density at radius 2 is 1.68 bits per heavy atom. The van der Waals surface area contributed by atoms with Gasteiger partial charge in [-0.05, 0) is 19.1 Å². The van der Waals surface area contributed by atoms with Gasteiger partial charge in [0.25, 0.3) is 0 Å². The Hall–Kier alpha value is -2.13. The van der Waals surface area contributed by atoms with Gasteiger partial charge in [-0.2, -0.15) is 5.10 Å². The first-order valence-corrected chi connectivity index (χ1v) is 6.36. The highest BCUT2D eigenvalue weighted by molar-refractivity contribution is 6.31. The minimum atomic E-state index is 0.630. The minimum absolute atomic E-state index is 0.630. The summed E-state index contributed by atoms with van der Waals surface area (Å²) in [5.74, 6) is 0. The molecule has 0 aliphatic rings. The van der Waals surface area contributed by atoms with Crippen molar-refractivity contribution < 1.29 is 0 Å². The maximum atomic E-state index is 6.38. The molecule has 0 radical (unpaired) electrons. The van der Waals surface area contributed by atoms with Crippen molar-refractivity contribution in [3.63, 3.8) is 0 Å². The van der Waals surface area contributed by atoms with Gasteiger partial charge in [0.15, 0.2) is 0 Å². The van der Waals surface area contributed by atoms with E-state index in [1.165, 1.54) is 0 Å². The quantitative estimate of drug-likeness (QED) is 0.706. The first-order chi connectivity index (χ1) is 9.27. The van der Waals surface area contributed by atoms with Crippen LogP contribution in [0.1, 0.15) is 5.56 Å². The van der Waals surface area contributed by atoms with Gasteiger partial charge >= 0.3 is 0 Å². The molecular formula is C15H12ClN3. The van der Waals surface area contributed by atoms with Crippen LogP contribution in [0.3, 0.4) is 0 Å². The molecule has 1 aromatic carbocycles. The Morgan fingerprint density at radius 1 is 1.00 bits per heavy atom. The average Bonchev–Trinajstić information content (AvgIpc) is 2.77. The summed E-state index contributed by atoms with van der Waals surface area (Å²) < 4.78 is 1.74. The third-order valence-electron chi connectivity index (χ3n) is 3.01. The topological polar surface area (TPSA) is 30.7 Å². The number of aromatic nitrogens is 3. The predicted molar refractivity (Wildman–Crippen MR) is 76.5 cm³/mol. The summed E-state index contributed by atoms with van der Waals surface area (Å²) in [7, 11) is 0. The molecule has 2 aromatic heterocycles. The molecule has 0 spiro atoms. The minimum Gasteiger partial charge on any atom is -0.265 e. The Bertz CT molecular complexity index is 630. The van der Waals surface area contributed by atoms with Crippen LogP contribution in [0.25, 0.3) is 16.9 Å². The smallest absolute Gasteiger partial charge is 0.136 e. The highest BCUT2D eigenvalue weighted by Gasteiger charge is 2.14. The first-order valence-electron chi connectivity index (χ1n) is 5.98. The standard InChI is InChI=1S/C15H12ClN3/c1-11-14(12-5-3-2-4-6-12)18-19(15(11)16)13-7-9-17-10-8-13/h2-10H,1H3. The molecule has 0 saturated heterocycles. The van der Waals surface area contributed by atoms with Crippen LogP contribution in [0.2, 0.25) is 5.15 Å². The van der Waals surface area contributed by atoms with E-state index in [1.54, 1.807) is 17.1 Å². The van der Waals surface area contributed by atoms with Crippen LogP contribution >= 0.6 is 11.6 Å². The molecule has 0 amide bonds. The second-order valence-corrected chi connectivity index (χ2v) is 4.61. The molecule has 4 heteroatoms. The van der Waals surface area contributed by atoms with Crippen LogP contribution in [0, 0.1) is 6.92 Å². The lowest BCUT2D eigenvalue weighted by atomic mass is 10.1. The van der Waals surface area contributed by atoms with E-state index in [4.69, 9.17) is 11.6 Å². The summed E-state index contributed by atoms with van der Waals surface area (Å²) in [6.45, 7) is 1.98. The van der Waals surface area contributed by atoms with E-state index in [-0.39, 0.29) is 0 Å². The van der Waals surface area contributed by atoms with Gasteiger partial charge in [-0.25, -0.2) is 4.68 Å². The molecule has 0 N–H and O–H groups in total. The van der Waals surface area contributed by atoms with Gasteiger partial charge in [0.2, 0.25) is 0 Å². The second kappa shape index (κ2) is 4.86. The number of rotatable bonds is 2. The van der Waals surface area contributed by atoms with E-state index in [0.29, 0.717) is 5.15 Å². The fourth-order valence-corrected chi connectivity index (χ4v) is 2.23. The van der Waals surface area contributed by atoms with Crippen molar-refractivity contribution in [3.8, 4) is 16.9 Å². The summed E-state index contributed by atoms with van der Waals surface area (Å²) >= 11 is 6.38. The highest BCUT2D eigenvalue weighted by Crippen LogP contribution is 2.29. The molecule has 0 aliphatic carbocycles. The van der Waals surface area contributed by atoms with E-state index < -0.39 is 0 Å². The third-order valence-corrected chi connectivity index (χ3v) is 3.45. The first kappa shape index (κ1) is 11.9. The van der Waals surface area contributed by atoms with Crippen molar-refractivity contribution in [2.75, 3.05) is 0 Å². The van der Waals surface area contributed by atoms with Crippen LogP contribution in [-0.4, -0.2) is 14.8 Å². The van der Waals surface area contributed by atoms with Crippen molar-refractivity contribution in [2.45, 2.75) is 6.92 Å². The lowest BCUT2D eigenvalue weighted by Crippen LogP contribution is -1.96. The average molecular weight is 270 g/mol. The van der Waals surface area contributed by atoms with Crippen molar-refractivity contribution in [1.29, 1.82) is 0 Å². The van der Waals surface area contributed by atoms with Gasteiger partial charge < -0.3 is 0 Å². The van der Waals surface area contributed by atoms with Gasteiger partial charge in [-0.3, -0.25) is 4.98 Å². The normalized spacial score (nSPS) is 10.6. The number of hydrogen-bond acceptors (Lipinski definition) is 2. The van der Waals surface area contributed by atoms with Crippen LogP contribution in [-0.2, 0) is 0 Å². The zero-order chi connectivity index (χ0) is 13.2. The van der Waals surface area contributed by atoms with Gasteiger partial charge in [-0.15, -0.1) is 0 Å². The molecule has 94 valence electrons. The monoisotopic (exact) mass is 269 g/mol. The van der Waals surface area contributed by atoms with Crippen molar-refractivity contribution in [1.82, 2.24) is 14.8 Å². The SMILES string of the molecule is Cc1c(-c2ccccc2)nn(-c2ccncc2)c1Cl. The third kappa shape index (κ3) is 2.13. The molecule has 0 unspecified atom stereocenters.